The minimum Gasteiger partial charge on any atom is -0.304 e. The van der Waals surface area contributed by atoms with Crippen molar-refractivity contribution in [2.24, 2.45) is 0 Å². The van der Waals surface area contributed by atoms with Crippen molar-refractivity contribution in [2.75, 3.05) is 0 Å². The normalized spacial score (nSPS) is 14.1. The average Bonchev–Trinajstić information content (AvgIpc) is 2.45. The van der Waals surface area contributed by atoms with Crippen LogP contribution in [-0.2, 0) is 0 Å². The first-order chi connectivity index (χ1) is 9.50. The molecule has 0 aliphatic rings. The second-order valence-corrected chi connectivity index (χ2v) is 5.82. The number of rotatable bonds is 4. The van der Waals surface area contributed by atoms with Crippen LogP contribution < -0.4 is 5.32 Å². The van der Waals surface area contributed by atoms with E-state index < -0.39 is 0 Å². The molecule has 2 aromatic rings. The highest BCUT2D eigenvalue weighted by Gasteiger charge is 2.16. The van der Waals surface area contributed by atoms with Crippen LogP contribution in [0.25, 0.3) is 0 Å². The largest absolute Gasteiger partial charge is 0.304 e. The minimum absolute atomic E-state index is 0.0486. The molecule has 0 amide bonds. The quantitative estimate of drug-likeness (QED) is 0.754. The molecule has 0 fully saturated rings. The van der Waals surface area contributed by atoms with E-state index in [1.54, 1.807) is 12.3 Å². The molecule has 2 atom stereocenters. The lowest BCUT2D eigenvalue weighted by Crippen LogP contribution is -2.22. The van der Waals surface area contributed by atoms with Crippen LogP contribution in [0.1, 0.15) is 37.1 Å². The summed E-state index contributed by atoms with van der Waals surface area (Å²) >= 11 is 18.3. The molecule has 0 spiro atoms. The SMILES string of the molecule is CC(N[C@H](C)c1cccnc1)c1ccc(Cl)c(Cl)c1Cl. The molecular weight excluding hydrogens is 315 g/mol. The van der Waals surface area contributed by atoms with Crippen molar-refractivity contribution in [1.82, 2.24) is 10.3 Å². The van der Waals surface area contributed by atoms with E-state index in [-0.39, 0.29) is 12.1 Å². The topological polar surface area (TPSA) is 24.9 Å². The van der Waals surface area contributed by atoms with Gasteiger partial charge in [0, 0.05) is 24.5 Å². The van der Waals surface area contributed by atoms with Gasteiger partial charge in [-0.15, -0.1) is 0 Å². The third-order valence-corrected chi connectivity index (χ3v) is 4.52. The number of nitrogens with one attached hydrogen (secondary N) is 1. The molecule has 106 valence electrons. The first-order valence-corrected chi connectivity index (χ1v) is 7.43. The number of pyridine rings is 1. The van der Waals surface area contributed by atoms with Crippen molar-refractivity contribution in [1.29, 1.82) is 0 Å². The fraction of sp³-hybridized carbons (Fsp3) is 0.267. The molecule has 0 saturated carbocycles. The fourth-order valence-corrected chi connectivity index (χ4v) is 2.77. The zero-order chi connectivity index (χ0) is 14.7. The molecule has 0 radical (unpaired) electrons. The Labute approximate surface area is 134 Å². The van der Waals surface area contributed by atoms with Gasteiger partial charge < -0.3 is 5.32 Å². The molecule has 2 rings (SSSR count). The summed E-state index contributed by atoms with van der Waals surface area (Å²) in [7, 11) is 0. The standard InChI is InChI=1S/C15H15Cl3N2/c1-9(11-4-3-7-19-8-11)20-10(2)12-5-6-13(16)15(18)14(12)17/h3-10,20H,1-2H3/t9-,10?/m1/s1. The summed E-state index contributed by atoms with van der Waals surface area (Å²) in [5.74, 6) is 0. The maximum atomic E-state index is 6.25. The third kappa shape index (κ3) is 3.44. The second-order valence-electron chi connectivity index (χ2n) is 4.66. The van der Waals surface area contributed by atoms with Crippen molar-refractivity contribution >= 4 is 34.8 Å². The van der Waals surface area contributed by atoms with Crippen molar-refractivity contribution in [3.05, 3.63) is 62.9 Å². The molecule has 5 heteroatoms. The maximum absolute atomic E-state index is 6.25. The Morgan fingerprint density at radius 2 is 1.75 bits per heavy atom. The van der Waals surface area contributed by atoms with Gasteiger partial charge in [-0.1, -0.05) is 46.9 Å². The first-order valence-electron chi connectivity index (χ1n) is 6.30. The Morgan fingerprint density at radius 3 is 2.40 bits per heavy atom. The molecule has 2 nitrogen and oxygen atoms in total. The lowest BCUT2D eigenvalue weighted by atomic mass is 10.1. The lowest BCUT2D eigenvalue weighted by molar-refractivity contribution is 0.494. The van der Waals surface area contributed by atoms with E-state index in [9.17, 15) is 0 Å². The minimum atomic E-state index is 0.0486. The highest BCUT2D eigenvalue weighted by molar-refractivity contribution is 6.48. The zero-order valence-corrected chi connectivity index (χ0v) is 13.5. The summed E-state index contributed by atoms with van der Waals surface area (Å²) in [6, 6.07) is 7.82. The van der Waals surface area contributed by atoms with Crippen LogP contribution >= 0.6 is 34.8 Å². The average molecular weight is 330 g/mol. The van der Waals surface area contributed by atoms with Crippen LogP contribution in [0.15, 0.2) is 36.7 Å². The predicted molar refractivity (Wildman–Crippen MR) is 85.7 cm³/mol. The smallest absolute Gasteiger partial charge is 0.0781 e. The monoisotopic (exact) mass is 328 g/mol. The summed E-state index contributed by atoms with van der Waals surface area (Å²) in [5, 5.41) is 4.83. The number of hydrogen-bond donors (Lipinski definition) is 1. The van der Waals surface area contributed by atoms with Crippen LogP contribution in [0.5, 0.6) is 0 Å². The molecule has 0 saturated heterocycles. The number of benzene rings is 1. The number of nitrogens with zero attached hydrogens (tertiary/aromatic N) is 1. The molecule has 20 heavy (non-hydrogen) atoms. The van der Waals surface area contributed by atoms with Crippen molar-refractivity contribution < 1.29 is 0 Å². The van der Waals surface area contributed by atoms with E-state index in [4.69, 9.17) is 34.8 Å². The maximum Gasteiger partial charge on any atom is 0.0781 e. The van der Waals surface area contributed by atoms with Gasteiger partial charge in [0.1, 0.15) is 0 Å². The van der Waals surface area contributed by atoms with Gasteiger partial charge in [0.05, 0.1) is 15.1 Å². The van der Waals surface area contributed by atoms with E-state index in [1.807, 2.05) is 31.3 Å². The molecule has 1 unspecified atom stereocenters. The predicted octanol–water partition coefficient (Wildman–Crippen LogP) is 5.45. The first kappa shape index (κ1) is 15.6. The van der Waals surface area contributed by atoms with E-state index in [0.29, 0.717) is 15.1 Å². The van der Waals surface area contributed by atoms with Crippen molar-refractivity contribution in [2.45, 2.75) is 25.9 Å². The van der Waals surface area contributed by atoms with Gasteiger partial charge >= 0.3 is 0 Å². The second kappa shape index (κ2) is 6.77. The van der Waals surface area contributed by atoms with Crippen LogP contribution in [0.3, 0.4) is 0 Å². The number of hydrogen-bond acceptors (Lipinski definition) is 2. The van der Waals surface area contributed by atoms with E-state index in [1.165, 1.54) is 0 Å². The molecular formula is C15H15Cl3N2. The summed E-state index contributed by atoms with van der Waals surface area (Å²) in [6.45, 7) is 4.12. The van der Waals surface area contributed by atoms with E-state index in [0.717, 1.165) is 11.1 Å². The van der Waals surface area contributed by atoms with Crippen LogP contribution in [0, 0.1) is 0 Å². The zero-order valence-electron chi connectivity index (χ0n) is 11.2. The molecule has 1 N–H and O–H groups in total. The molecule has 1 heterocycles. The van der Waals surface area contributed by atoms with Gasteiger partial charge in [-0.05, 0) is 37.1 Å². The van der Waals surface area contributed by atoms with Crippen LogP contribution in [0.4, 0.5) is 0 Å². The van der Waals surface area contributed by atoms with E-state index >= 15 is 0 Å². The van der Waals surface area contributed by atoms with Crippen molar-refractivity contribution in [3.8, 4) is 0 Å². The Kier molecular flexibility index (Phi) is 5.28. The summed E-state index contributed by atoms with van der Waals surface area (Å²) in [4.78, 5) is 4.12. The fourth-order valence-electron chi connectivity index (χ4n) is 2.07. The van der Waals surface area contributed by atoms with Crippen LogP contribution in [0.2, 0.25) is 15.1 Å². The Bertz CT molecular complexity index is 587. The molecule has 1 aromatic carbocycles. The summed E-state index contributed by atoms with van der Waals surface area (Å²) in [6.07, 6.45) is 3.61. The third-order valence-electron chi connectivity index (χ3n) is 3.22. The Morgan fingerprint density at radius 1 is 1.00 bits per heavy atom. The van der Waals surface area contributed by atoms with E-state index in [2.05, 4.69) is 17.2 Å². The highest BCUT2D eigenvalue weighted by atomic mass is 35.5. The Hall–Kier alpha value is -0.800. The van der Waals surface area contributed by atoms with Crippen LogP contribution in [-0.4, -0.2) is 4.98 Å². The van der Waals surface area contributed by atoms with Gasteiger partial charge in [-0.2, -0.15) is 0 Å². The van der Waals surface area contributed by atoms with Crippen molar-refractivity contribution in [3.63, 3.8) is 0 Å². The highest BCUT2D eigenvalue weighted by Crippen LogP contribution is 2.35. The molecule has 1 aromatic heterocycles. The number of halogens is 3. The van der Waals surface area contributed by atoms with Gasteiger partial charge in [0.25, 0.3) is 0 Å². The van der Waals surface area contributed by atoms with Gasteiger partial charge in [0.15, 0.2) is 0 Å². The Balaban J connectivity index is 2.17. The van der Waals surface area contributed by atoms with Gasteiger partial charge in [0.2, 0.25) is 0 Å². The molecule has 0 bridgehead atoms. The lowest BCUT2D eigenvalue weighted by Gasteiger charge is -2.22. The van der Waals surface area contributed by atoms with Gasteiger partial charge in [-0.25, -0.2) is 0 Å². The number of aromatic nitrogens is 1. The summed E-state index contributed by atoms with van der Waals surface area (Å²) in [5.41, 5.74) is 2.05. The summed E-state index contributed by atoms with van der Waals surface area (Å²) < 4.78 is 0. The molecule has 0 aliphatic carbocycles. The van der Waals surface area contributed by atoms with Gasteiger partial charge in [-0.3, -0.25) is 4.98 Å². The molecule has 0 aliphatic heterocycles.